The summed E-state index contributed by atoms with van der Waals surface area (Å²) in [7, 11) is 4.17. The van der Waals surface area contributed by atoms with Gasteiger partial charge in [-0.1, -0.05) is 20.8 Å². The molecule has 0 atom stereocenters. The van der Waals surface area contributed by atoms with Crippen LogP contribution in [0.15, 0.2) is 18.2 Å². The van der Waals surface area contributed by atoms with Gasteiger partial charge in [0, 0.05) is 64.7 Å². The number of anilines is 1. The molecule has 7 heteroatoms. The number of aryl methyl sites for hydroxylation is 1. The molecule has 1 aromatic heterocycles. The van der Waals surface area contributed by atoms with Gasteiger partial charge in [0.1, 0.15) is 5.82 Å². The number of fused-ring (bicyclic) bond motifs is 1. The number of nitrogens with zero attached hydrogens (tertiary/aromatic N) is 5. The lowest BCUT2D eigenvalue weighted by molar-refractivity contribution is -0.129. The van der Waals surface area contributed by atoms with Gasteiger partial charge < -0.3 is 13.8 Å². The summed E-state index contributed by atoms with van der Waals surface area (Å²) in [6, 6.07) is 6.45. The molecule has 26 heavy (non-hydrogen) atoms. The van der Waals surface area contributed by atoms with Crippen molar-refractivity contribution in [1.29, 1.82) is 0 Å². The molecule has 0 spiro atoms. The van der Waals surface area contributed by atoms with Crippen LogP contribution in [0.3, 0.4) is 0 Å². The molecule has 142 valence electrons. The third-order valence-corrected chi connectivity index (χ3v) is 5.87. The average molecular weight is 376 g/mol. The summed E-state index contributed by atoms with van der Waals surface area (Å²) < 4.78 is 6.67. The minimum Gasteiger partial charge on any atom is -0.340 e. The van der Waals surface area contributed by atoms with Gasteiger partial charge in [0.15, 0.2) is 0 Å². The van der Waals surface area contributed by atoms with E-state index >= 15 is 0 Å². The van der Waals surface area contributed by atoms with Crippen LogP contribution in [0.5, 0.6) is 0 Å². The molecule has 0 aliphatic carbocycles. The monoisotopic (exact) mass is 375 g/mol. The Morgan fingerprint density at radius 3 is 2.42 bits per heavy atom. The maximum atomic E-state index is 11.5. The van der Waals surface area contributed by atoms with E-state index in [-0.39, 0.29) is 11.3 Å². The second-order valence-electron chi connectivity index (χ2n) is 7.93. The highest BCUT2D eigenvalue weighted by atomic mass is 32.2. The summed E-state index contributed by atoms with van der Waals surface area (Å²) >= 11 is 1.71. The van der Waals surface area contributed by atoms with Gasteiger partial charge in [0.2, 0.25) is 5.91 Å². The van der Waals surface area contributed by atoms with E-state index in [1.807, 2.05) is 4.90 Å². The molecule has 0 bridgehead atoms. The molecule has 6 nitrogen and oxygen atoms in total. The highest BCUT2D eigenvalue weighted by Crippen LogP contribution is 2.30. The van der Waals surface area contributed by atoms with Gasteiger partial charge in [-0.2, -0.15) is 0 Å². The van der Waals surface area contributed by atoms with Crippen LogP contribution < -0.4 is 4.31 Å². The summed E-state index contributed by atoms with van der Waals surface area (Å²) in [6.45, 7) is 11.6. The van der Waals surface area contributed by atoms with Crippen LogP contribution in [0.2, 0.25) is 0 Å². The average Bonchev–Trinajstić information content (AvgIpc) is 2.92. The first kappa shape index (κ1) is 19.0. The molecular formula is C19H29N5OS. The Morgan fingerprint density at radius 1 is 1.19 bits per heavy atom. The standard InChI is InChI=1S/C19H29N5OS/c1-14(25)23-9-11-24(12-10-23)26-22(6)15-7-8-17-16(13-15)20-18(21(17)5)19(2,3)4/h7-8,13H,9-12H2,1-6H3. The third-order valence-electron chi connectivity index (χ3n) is 4.82. The molecule has 2 aromatic rings. The molecule has 0 unspecified atom stereocenters. The van der Waals surface area contributed by atoms with Crippen molar-refractivity contribution in [2.75, 3.05) is 37.5 Å². The van der Waals surface area contributed by atoms with Gasteiger partial charge in [0.05, 0.1) is 16.7 Å². The summed E-state index contributed by atoms with van der Waals surface area (Å²) in [6.07, 6.45) is 0. The molecule has 0 saturated carbocycles. The van der Waals surface area contributed by atoms with Gasteiger partial charge >= 0.3 is 0 Å². The zero-order valence-corrected chi connectivity index (χ0v) is 17.4. The molecule has 1 aromatic carbocycles. The maximum Gasteiger partial charge on any atom is 0.219 e. The van der Waals surface area contributed by atoms with Crippen LogP contribution in [-0.4, -0.2) is 57.9 Å². The van der Waals surface area contributed by atoms with Crippen molar-refractivity contribution in [3.63, 3.8) is 0 Å². The molecule has 2 heterocycles. The zero-order chi connectivity index (χ0) is 19.1. The van der Waals surface area contributed by atoms with Crippen molar-refractivity contribution in [3.8, 4) is 0 Å². The fourth-order valence-corrected chi connectivity index (χ4v) is 4.24. The summed E-state index contributed by atoms with van der Waals surface area (Å²) in [5.41, 5.74) is 3.34. The van der Waals surface area contributed by atoms with Crippen molar-refractivity contribution in [1.82, 2.24) is 18.8 Å². The van der Waals surface area contributed by atoms with Gasteiger partial charge in [0.25, 0.3) is 0 Å². The van der Waals surface area contributed by atoms with Crippen molar-refractivity contribution >= 4 is 34.8 Å². The first-order valence-corrected chi connectivity index (χ1v) is 9.79. The van der Waals surface area contributed by atoms with Crippen LogP contribution in [0.25, 0.3) is 11.0 Å². The molecule has 0 N–H and O–H groups in total. The fourth-order valence-electron chi connectivity index (χ4n) is 3.36. The van der Waals surface area contributed by atoms with E-state index in [2.05, 4.69) is 66.2 Å². The van der Waals surface area contributed by atoms with Crippen molar-refractivity contribution < 1.29 is 4.79 Å². The van der Waals surface area contributed by atoms with Crippen LogP contribution in [0.4, 0.5) is 5.69 Å². The minimum atomic E-state index is 0.0188. The van der Waals surface area contributed by atoms with E-state index in [0.717, 1.165) is 48.7 Å². The third kappa shape index (κ3) is 3.83. The minimum absolute atomic E-state index is 0.0188. The van der Waals surface area contributed by atoms with Crippen LogP contribution >= 0.6 is 12.1 Å². The Bertz CT molecular complexity index is 802. The second-order valence-corrected chi connectivity index (χ2v) is 9.16. The number of carbonyl (C=O) groups excluding carboxylic acids is 1. The van der Waals surface area contributed by atoms with E-state index in [1.54, 1.807) is 19.1 Å². The number of carbonyl (C=O) groups is 1. The molecule has 3 rings (SSSR count). The predicted octanol–water partition coefficient (Wildman–Crippen LogP) is 3.03. The van der Waals surface area contributed by atoms with Gasteiger partial charge in [-0.3, -0.25) is 4.79 Å². The highest BCUT2D eigenvalue weighted by molar-refractivity contribution is 7.98. The van der Waals surface area contributed by atoms with Crippen molar-refractivity contribution in [3.05, 3.63) is 24.0 Å². The van der Waals surface area contributed by atoms with Crippen LogP contribution in [0.1, 0.15) is 33.5 Å². The molecule has 0 radical (unpaired) electrons. The number of piperazine rings is 1. The van der Waals surface area contributed by atoms with Crippen molar-refractivity contribution in [2.45, 2.75) is 33.1 Å². The lowest BCUT2D eigenvalue weighted by Gasteiger charge is -2.35. The maximum absolute atomic E-state index is 11.5. The SMILES string of the molecule is CC(=O)N1CCN(SN(C)c2ccc3c(c2)nc(C(C)(C)C)n3C)CC1. The number of amides is 1. The van der Waals surface area contributed by atoms with Gasteiger partial charge in [-0.15, -0.1) is 0 Å². The molecule has 1 aliphatic rings. The number of imidazole rings is 1. The predicted molar refractivity (Wildman–Crippen MR) is 109 cm³/mol. The van der Waals surface area contributed by atoms with E-state index < -0.39 is 0 Å². The smallest absolute Gasteiger partial charge is 0.219 e. The van der Waals surface area contributed by atoms with E-state index in [9.17, 15) is 4.79 Å². The Hall–Kier alpha value is -1.73. The molecular weight excluding hydrogens is 346 g/mol. The van der Waals surface area contributed by atoms with Gasteiger partial charge in [-0.25, -0.2) is 9.29 Å². The highest BCUT2D eigenvalue weighted by Gasteiger charge is 2.23. The van der Waals surface area contributed by atoms with E-state index in [1.165, 1.54) is 0 Å². The first-order valence-electron chi connectivity index (χ1n) is 9.06. The summed E-state index contributed by atoms with van der Waals surface area (Å²) in [5, 5.41) is 0. The fraction of sp³-hybridized carbons (Fsp3) is 0.579. The largest absolute Gasteiger partial charge is 0.340 e. The van der Waals surface area contributed by atoms with E-state index in [0.29, 0.717) is 0 Å². The molecule has 1 fully saturated rings. The molecule has 1 amide bonds. The molecule has 1 saturated heterocycles. The number of hydrogen-bond acceptors (Lipinski definition) is 5. The Labute approximate surface area is 160 Å². The number of rotatable bonds is 3. The van der Waals surface area contributed by atoms with Crippen LogP contribution in [-0.2, 0) is 17.3 Å². The Kier molecular flexibility index (Phi) is 5.21. The molecule has 1 aliphatic heterocycles. The van der Waals surface area contributed by atoms with E-state index in [4.69, 9.17) is 4.98 Å². The van der Waals surface area contributed by atoms with Gasteiger partial charge in [-0.05, 0) is 18.2 Å². The Balaban J connectivity index is 1.73. The number of aromatic nitrogens is 2. The Morgan fingerprint density at radius 2 is 1.85 bits per heavy atom. The lowest BCUT2D eigenvalue weighted by atomic mass is 9.96. The second kappa shape index (κ2) is 7.12. The van der Waals surface area contributed by atoms with Crippen LogP contribution in [0, 0.1) is 0 Å². The quantitative estimate of drug-likeness (QED) is 0.772. The normalized spacial score (nSPS) is 16.3. The summed E-state index contributed by atoms with van der Waals surface area (Å²) in [4.78, 5) is 18.2. The number of benzene rings is 1. The lowest BCUT2D eigenvalue weighted by Crippen LogP contribution is -2.46. The van der Waals surface area contributed by atoms with Crippen molar-refractivity contribution in [2.24, 2.45) is 7.05 Å². The number of hydrogen-bond donors (Lipinski definition) is 0. The summed E-state index contributed by atoms with van der Waals surface area (Å²) in [5.74, 6) is 1.26. The topological polar surface area (TPSA) is 44.6 Å². The first-order chi connectivity index (χ1) is 12.2. The zero-order valence-electron chi connectivity index (χ0n) is 16.6.